The van der Waals surface area contributed by atoms with Crippen LogP contribution >= 0.6 is 0 Å². The largest absolute Gasteiger partial charge is 0.381 e. The topological polar surface area (TPSA) is 55.4 Å². The lowest BCUT2D eigenvalue weighted by atomic mass is 10.0. The molecule has 0 bridgehead atoms. The minimum Gasteiger partial charge on any atom is -0.381 e. The van der Waals surface area contributed by atoms with Crippen molar-refractivity contribution in [3.63, 3.8) is 0 Å². The van der Waals surface area contributed by atoms with Crippen molar-refractivity contribution in [3.05, 3.63) is 60.2 Å². The lowest BCUT2D eigenvalue weighted by molar-refractivity contribution is 0.188. The molecule has 1 N–H and O–H groups in total. The molecule has 0 aromatic heterocycles. The maximum Gasteiger partial charge on any atom is 0.212 e. The second-order valence-corrected chi connectivity index (χ2v) is 8.14. The van der Waals surface area contributed by atoms with Gasteiger partial charge in [-0.05, 0) is 36.0 Å². The van der Waals surface area contributed by atoms with E-state index >= 15 is 0 Å². The highest BCUT2D eigenvalue weighted by molar-refractivity contribution is 7.89. The van der Waals surface area contributed by atoms with E-state index in [0.29, 0.717) is 13.2 Å². The van der Waals surface area contributed by atoms with E-state index in [0.717, 1.165) is 23.1 Å². The minimum absolute atomic E-state index is 0.107. The number of benzene rings is 2. The lowest BCUT2D eigenvalue weighted by Gasteiger charge is -2.17. The third-order valence-corrected chi connectivity index (χ3v) is 5.98. The molecule has 24 heavy (non-hydrogen) atoms. The molecule has 0 saturated carbocycles. The quantitative estimate of drug-likeness (QED) is 0.873. The Kier molecular flexibility index (Phi) is 5.33. The summed E-state index contributed by atoms with van der Waals surface area (Å²) in [5, 5.41) is 0. The van der Waals surface area contributed by atoms with Crippen LogP contribution < -0.4 is 4.72 Å². The average molecular weight is 345 g/mol. The number of hydrogen-bond acceptors (Lipinski definition) is 3. The third-order valence-electron chi connectivity index (χ3n) is 4.35. The Balaban J connectivity index is 1.65. The van der Waals surface area contributed by atoms with Crippen molar-refractivity contribution in [1.29, 1.82) is 0 Å². The summed E-state index contributed by atoms with van der Waals surface area (Å²) in [5.41, 5.74) is 3.23. The SMILES string of the molecule is C[C@@H](NS(=O)(=O)C[C@@H]1CCOC1)c1ccc(-c2ccccc2)cc1. The van der Waals surface area contributed by atoms with Crippen LogP contribution in [-0.2, 0) is 14.8 Å². The molecule has 1 aliphatic heterocycles. The van der Waals surface area contributed by atoms with Gasteiger partial charge in [-0.3, -0.25) is 0 Å². The van der Waals surface area contributed by atoms with E-state index in [-0.39, 0.29) is 17.7 Å². The van der Waals surface area contributed by atoms with Crippen LogP contribution in [0.5, 0.6) is 0 Å². The minimum atomic E-state index is -3.30. The van der Waals surface area contributed by atoms with Gasteiger partial charge in [0.15, 0.2) is 0 Å². The van der Waals surface area contributed by atoms with Gasteiger partial charge in [-0.25, -0.2) is 13.1 Å². The second kappa shape index (κ2) is 7.47. The first-order valence-electron chi connectivity index (χ1n) is 8.26. The average Bonchev–Trinajstić information content (AvgIpc) is 3.07. The summed E-state index contributed by atoms with van der Waals surface area (Å²) in [4.78, 5) is 0. The van der Waals surface area contributed by atoms with Crippen molar-refractivity contribution in [2.45, 2.75) is 19.4 Å². The highest BCUT2D eigenvalue weighted by atomic mass is 32.2. The van der Waals surface area contributed by atoms with Gasteiger partial charge in [0.2, 0.25) is 10.0 Å². The predicted molar refractivity (Wildman–Crippen MR) is 96.1 cm³/mol. The van der Waals surface area contributed by atoms with E-state index < -0.39 is 10.0 Å². The van der Waals surface area contributed by atoms with Gasteiger partial charge in [-0.2, -0.15) is 0 Å². The molecule has 3 rings (SSSR count). The van der Waals surface area contributed by atoms with E-state index in [9.17, 15) is 8.42 Å². The van der Waals surface area contributed by atoms with E-state index in [4.69, 9.17) is 4.74 Å². The summed E-state index contributed by atoms with van der Waals surface area (Å²) in [7, 11) is -3.30. The Morgan fingerprint density at radius 3 is 2.38 bits per heavy atom. The molecule has 0 unspecified atom stereocenters. The van der Waals surface area contributed by atoms with Crippen LogP contribution in [0.2, 0.25) is 0 Å². The van der Waals surface area contributed by atoms with Crippen LogP contribution in [0.25, 0.3) is 11.1 Å². The van der Waals surface area contributed by atoms with E-state index in [2.05, 4.69) is 16.9 Å². The number of rotatable bonds is 6. The van der Waals surface area contributed by atoms with Gasteiger partial charge in [0.25, 0.3) is 0 Å². The van der Waals surface area contributed by atoms with E-state index in [1.54, 1.807) is 0 Å². The molecule has 2 aromatic carbocycles. The van der Waals surface area contributed by atoms with Gasteiger partial charge in [-0.15, -0.1) is 0 Å². The van der Waals surface area contributed by atoms with Gasteiger partial charge in [0.05, 0.1) is 12.4 Å². The zero-order valence-corrected chi connectivity index (χ0v) is 14.6. The van der Waals surface area contributed by atoms with Gasteiger partial charge < -0.3 is 4.74 Å². The van der Waals surface area contributed by atoms with E-state index in [1.165, 1.54) is 0 Å². The van der Waals surface area contributed by atoms with Gasteiger partial charge in [0.1, 0.15) is 0 Å². The molecule has 5 heteroatoms. The molecule has 1 aliphatic rings. The van der Waals surface area contributed by atoms with Gasteiger partial charge >= 0.3 is 0 Å². The fourth-order valence-corrected chi connectivity index (χ4v) is 4.66. The summed E-state index contributed by atoms with van der Waals surface area (Å²) < 4.78 is 32.6. The summed E-state index contributed by atoms with van der Waals surface area (Å²) in [6.45, 7) is 3.08. The Hall–Kier alpha value is -1.69. The summed E-state index contributed by atoms with van der Waals surface area (Å²) in [6.07, 6.45) is 0.820. The normalized spacial score (nSPS) is 19.3. The highest BCUT2D eigenvalue weighted by Crippen LogP contribution is 2.22. The van der Waals surface area contributed by atoms with Gasteiger partial charge in [0, 0.05) is 12.6 Å². The fraction of sp³-hybridized carbons (Fsp3) is 0.368. The highest BCUT2D eigenvalue weighted by Gasteiger charge is 2.24. The maximum absolute atomic E-state index is 12.3. The van der Waals surface area contributed by atoms with Crippen molar-refractivity contribution in [1.82, 2.24) is 4.72 Å². The predicted octanol–water partition coefficient (Wildman–Crippen LogP) is 3.37. The third kappa shape index (κ3) is 4.44. The molecule has 0 spiro atoms. The first kappa shape index (κ1) is 17.1. The van der Waals surface area contributed by atoms with Crippen molar-refractivity contribution in [2.24, 2.45) is 5.92 Å². The lowest BCUT2D eigenvalue weighted by Crippen LogP contribution is -2.32. The second-order valence-electron chi connectivity index (χ2n) is 6.34. The first-order chi connectivity index (χ1) is 11.5. The summed E-state index contributed by atoms with van der Waals surface area (Å²) >= 11 is 0. The fourth-order valence-electron chi connectivity index (χ4n) is 3.01. The Bertz CT molecular complexity index is 751. The van der Waals surface area contributed by atoms with Crippen molar-refractivity contribution in [2.75, 3.05) is 19.0 Å². The standard InChI is InChI=1S/C19H23NO3S/c1-15(20-24(21,22)14-16-11-12-23-13-16)17-7-9-19(10-8-17)18-5-3-2-4-6-18/h2-10,15-16,20H,11-14H2,1H3/t15-,16-/m1/s1. The first-order valence-corrected chi connectivity index (χ1v) is 9.92. The monoisotopic (exact) mass is 345 g/mol. The van der Waals surface area contributed by atoms with Gasteiger partial charge in [-0.1, -0.05) is 54.6 Å². The molecule has 2 aromatic rings. The zero-order valence-electron chi connectivity index (χ0n) is 13.8. The molecular formula is C19H23NO3S. The van der Waals surface area contributed by atoms with Crippen LogP contribution in [0, 0.1) is 5.92 Å². The maximum atomic E-state index is 12.3. The number of hydrogen-bond donors (Lipinski definition) is 1. The Labute approximate surface area is 143 Å². The molecule has 0 radical (unpaired) electrons. The molecule has 0 aliphatic carbocycles. The van der Waals surface area contributed by atoms with Crippen LogP contribution in [0.3, 0.4) is 0 Å². The number of nitrogens with one attached hydrogen (secondary N) is 1. The smallest absolute Gasteiger partial charge is 0.212 e. The van der Waals surface area contributed by atoms with Crippen molar-refractivity contribution in [3.8, 4) is 11.1 Å². The Morgan fingerprint density at radius 1 is 1.08 bits per heavy atom. The molecule has 4 nitrogen and oxygen atoms in total. The summed E-state index contributed by atoms with van der Waals surface area (Å²) in [6, 6.07) is 17.9. The molecule has 128 valence electrons. The summed E-state index contributed by atoms with van der Waals surface area (Å²) in [5.74, 6) is 0.245. The molecule has 1 saturated heterocycles. The molecular weight excluding hydrogens is 322 g/mol. The zero-order chi connectivity index (χ0) is 17.0. The van der Waals surface area contributed by atoms with Crippen LogP contribution in [-0.4, -0.2) is 27.4 Å². The molecule has 1 fully saturated rings. The molecule has 0 amide bonds. The van der Waals surface area contributed by atoms with Crippen LogP contribution in [0.1, 0.15) is 24.9 Å². The molecule has 1 heterocycles. The van der Waals surface area contributed by atoms with E-state index in [1.807, 2.05) is 49.4 Å². The van der Waals surface area contributed by atoms with Crippen LogP contribution in [0.15, 0.2) is 54.6 Å². The van der Waals surface area contributed by atoms with Crippen molar-refractivity contribution < 1.29 is 13.2 Å². The number of sulfonamides is 1. The van der Waals surface area contributed by atoms with Crippen LogP contribution in [0.4, 0.5) is 0 Å². The number of ether oxygens (including phenoxy) is 1. The Morgan fingerprint density at radius 2 is 1.75 bits per heavy atom. The van der Waals surface area contributed by atoms with Crippen molar-refractivity contribution >= 4 is 10.0 Å². The molecule has 2 atom stereocenters.